The smallest absolute Gasteiger partial charge is 0.300 e. The van der Waals surface area contributed by atoms with Crippen LogP contribution in [0, 0.1) is 23.7 Å². The largest absolute Gasteiger partial charge is 0.391 e. The van der Waals surface area contributed by atoms with E-state index >= 15 is 0 Å². The number of alkyl halides is 6. The lowest BCUT2D eigenvalue weighted by atomic mass is 9.77. The summed E-state index contributed by atoms with van der Waals surface area (Å²) < 4.78 is 77.5. The molecule has 4 fully saturated rings. The molecule has 186 valence electrons. The first-order valence-electron chi connectivity index (χ1n) is 12.7. The van der Waals surface area contributed by atoms with Crippen LogP contribution in [0.1, 0.15) is 77.0 Å². The van der Waals surface area contributed by atoms with Gasteiger partial charge in [0.05, 0.1) is 11.8 Å². The molecule has 0 spiro atoms. The van der Waals surface area contributed by atoms with Gasteiger partial charge in [-0.05, 0) is 115 Å². The molecular formula is C24H38F6N2. The second-order valence-electron chi connectivity index (χ2n) is 10.8. The summed E-state index contributed by atoms with van der Waals surface area (Å²) >= 11 is 0. The van der Waals surface area contributed by atoms with Crippen LogP contribution >= 0.6 is 0 Å². The van der Waals surface area contributed by atoms with Crippen molar-refractivity contribution in [3.8, 4) is 0 Å². The molecule has 0 atom stereocenters. The highest BCUT2D eigenvalue weighted by atomic mass is 19.4. The van der Waals surface area contributed by atoms with Gasteiger partial charge in [-0.15, -0.1) is 0 Å². The first-order chi connectivity index (χ1) is 15.1. The Balaban J connectivity index is 1.15. The van der Waals surface area contributed by atoms with Crippen molar-refractivity contribution in [1.29, 1.82) is 0 Å². The second-order valence-corrected chi connectivity index (χ2v) is 10.8. The Bertz CT molecular complexity index is 522. The summed E-state index contributed by atoms with van der Waals surface area (Å²) in [7, 11) is 0. The third kappa shape index (κ3) is 5.94. The minimum Gasteiger partial charge on any atom is -0.300 e. The molecule has 32 heavy (non-hydrogen) atoms. The van der Waals surface area contributed by atoms with Gasteiger partial charge >= 0.3 is 12.4 Å². The summed E-state index contributed by atoms with van der Waals surface area (Å²) in [5.74, 6) is -0.822. The highest BCUT2D eigenvalue weighted by Crippen LogP contribution is 2.42. The van der Waals surface area contributed by atoms with Gasteiger partial charge in [0, 0.05) is 12.1 Å². The summed E-state index contributed by atoms with van der Waals surface area (Å²) in [6, 6.07) is 0.645. The zero-order valence-electron chi connectivity index (χ0n) is 18.9. The van der Waals surface area contributed by atoms with Gasteiger partial charge in [-0.2, -0.15) is 26.3 Å². The molecule has 2 nitrogen and oxygen atoms in total. The van der Waals surface area contributed by atoms with E-state index in [1.807, 2.05) is 0 Å². The lowest BCUT2D eigenvalue weighted by Gasteiger charge is -2.45. The van der Waals surface area contributed by atoms with E-state index in [1.165, 1.54) is 0 Å². The van der Waals surface area contributed by atoms with Crippen molar-refractivity contribution in [2.24, 2.45) is 23.7 Å². The Kier molecular flexibility index (Phi) is 7.70. The van der Waals surface area contributed by atoms with Crippen LogP contribution in [0.25, 0.3) is 0 Å². The van der Waals surface area contributed by atoms with E-state index in [0.29, 0.717) is 49.6 Å². The van der Waals surface area contributed by atoms with E-state index in [0.717, 1.165) is 51.9 Å². The Morgan fingerprint density at radius 1 is 0.406 bits per heavy atom. The molecule has 0 bridgehead atoms. The van der Waals surface area contributed by atoms with Gasteiger partial charge in [-0.1, -0.05) is 0 Å². The van der Waals surface area contributed by atoms with Gasteiger partial charge in [-0.25, -0.2) is 0 Å². The summed E-state index contributed by atoms with van der Waals surface area (Å²) in [6.45, 7) is 4.03. The number of hydrogen-bond donors (Lipinski definition) is 0. The van der Waals surface area contributed by atoms with E-state index in [4.69, 9.17) is 0 Å². The molecule has 0 unspecified atom stereocenters. The average Bonchev–Trinajstić information content (AvgIpc) is 2.78. The van der Waals surface area contributed by atoms with Crippen LogP contribution in [0.5, 0.6) is 0 Å². The van der Waals surface area contributed by atoms with E-state index in [2.05, 4.69) is 9.80 Å². The first-order valence-corrected chi connectivity index (χ1v) is 12.7. The van der Waals surface area contributed by atoms with Gasteiger partial charge in [0.1, 0.15) is 0 Å². The maximum absolute atomic E-state index is 12.9. The van der Waals surface area contributed by atoms with E-state index in [1.54, 1.807) is 0 Å². The molecule has 0 amide bonds. The summed E-state index contributed by atoms with van der Waals surface area (Å²) in [5.41, 5.74) is 0. The number of hydrogen-bond acceptors (Lipinski definition) is 2. The fourth-order valence-corrected chi connectivity index (χ4v) is 7.05. The molecule has 4 aliphatic rings. The molecule has 2 saturated carbocycles. The second kappa shape index (κ2) is 10.0. The maximum Gasteiger partial charge on any atom is 0.391 e. The molecule has 2 aliphatic carbocycles. The van der Waals surface area contributed by atoms with Crippen molar-refractivity contribution in [2.75, 3.05) is 26.2 Å². The number of piperidine rings is 2. The number of likely N-dealkylation sites (tertiary alicyclic amines) is 2. The normalized spacial score (nSPS) is 35.8. The highest BCUT2D eigenvalue weighted by molar-refractivity contribution is 4.89. The number of nitrogens with zero attached hydrogens (tertiary/aromatic N) is 2. The molecule has 2 heterocycles. The van der Waals surface area contributed by atoms with Gasteiger partial charge in [0.2, 0.25) is 0 Å². The Morgan fingerprint density at radius 2 is 0.688 bits per heavy atom. The fourth-order valence-electron chi connectivity index (χ4n) is 7.05. The third-order valence-electron chi connectivity index (χ3n) is 9.17. The fraction of sp³-hybridized carbons (Fsp3) is 1.00. The van der Waals surface area contributed by atoms with E-state index in [-0.39, 0.29) is 25.7 Å². The first kappa shape index (κ1) is 24.6. The summed E-state index contributed by atoms with van der Waals surface area (Å²) in [4.78, 5) is 4.88. The van der Waals surface area contributed by atoms with Crippen molar-refractivity contribution in [3.63, 3.8) is 0 Å². The van der Waals surface area contributed by atoms with E-state index in [9.17, 15) is 26.3 Å². The zero-order chi connectivity index (χ0) is 22.9. The number of halogens is 6. The predicted octanol–water partition coefficient (Wildman–Crippen LogP) is 6.65. The molecule has 0 aromatic rings. The molecule has 2 saturated heterocycles. The lowest BCUT2D eigenvalue weighted by molar-refractivity contribution is -0.185. The Morgan fingerprint density at radius 3 is 0.938 bits per heavy atom. The predicted molar refractivity (Wildman–Crippen MR) is 112 cm³/mol. The summed E-state index contributed by atoms with van der Waals surface area (Å²) in [6.07, 6.45) is 0.266. The van der Waals surface area contributed by atoms with Crippen LogP contribution in [-0.2, 0) is 0 Å². The lowest BCUT2D eigenvalue weighted by Crippen LogP contribution is -2.48. The van der Waals surface area contributed by atoms with Crippen molar-refractivity contribution >= 4 is 0 Å². The van der Waals surface area contributed by atoms with Crippen molar-refractivity contribution in [2.45, 2.75) is 101 Å². The molecule has 0 N–H and O–H groups in total. The van der Waals surface area contributed by atoms with Crippen LogP contribution in [0.15, 0.2) is 0 Å². The Hall–Kier alpha value is -0.500. The van der Waals surface area contributed by atoms with Gasteiger partial charge in [0.25, 0.3) is 0 Å². The van der Waals surface area contributed by atoms with Gasteiger partial charge in [-0.3, -0.25) is 0 Å². The molecule has 4 rings (SSSR count). The van der Waals surface area contributed by atoms with Crippen LogP contribution in [0.2, 0.25) is 0 Å². The average molecular weight is 469 g/mol. The van der Waals surface area contributed by atoms with E-state index < -0.39 is 24.2 Å². The summed E-state index contributed by atoms with van der Waals surface area (Å²) in [5, 5.41) is 0. The SMILES string of the molecule is FC(F)(F)C1CCC(N2CCC(C3CCN(C4CCC(C(F)(F)F)CC4)CC3)CC2)CC1. The van der Waals surface area contributed by atoms with Crippen LogP contribution in [0.3, 0.4) is 0 Å². The van der Waals surface area contributed by atoms with Crippen LogP contribution in [0.4, 0.5) is 26.3 Å². The molecule has 8 heteroatoms. The van der Waals surface area contributed by atoms with Crippen molar-refractivity contribution in [1.82, 2.24) is 9.80 Å². The third-order valence-corrected chi connectivity index (χ3v) is 9.17. The molecule has 0 radical (unpaired) electrons. The van der Waals surface area contributed by atoms with Crippen molar-refractivity contribution in [3.05, 3.63) is 0 Å². The Labute approximate surface area is 188 Å². The topological polar surface area (TPSA) is 6.48 Å². The quantitative estimate of drug-likeness (QED) is 0.428. The molecular weight excluding hydrogens is 430 g/mol. The van der Waals surface area contributed by atoms with Crippen LogP contribution < -0.4 is 0 Å². The van der Waals surface area contributed by atoms with Gasteiger partial charge in [0.15, 0.2) is 0 Å². The highest BCUT2D eigenvalue weighted by Gasteiger charge is 2.44. The zero-order valence-corrected chi connectivity index (χ0v) is 18.9. The molecule has 0 aromatic carbocycles. The monoisotopic (exact) mass is 468 g/mol. The molecule has 0 aromatic heterocycles. The van der Waals surface area contributed by atoms with Crippen molar-refractivity contribution < 1.29 is 26.3 Å². The standard InChI is InChI=1S/C24H38F6N2/c25-23(26,27)19-1-5-21(6-2-19)31-13-9-17(10-14-31)18-11-15-32(16-12-18)22-7-3-20(4-8-22)24(28,29)30/h17-22H,1-16H2. The maximum atomic E-state index is 12.9. The minimum absolute atomic E-state index is 0.275. The minimum atomic E-state index is -4.04. The van der Waals surface area contributed by atoms with Gasteiger partial charge < -0.3 is 9.80 Å². The molecule has 2 aliphatic heterocycles. The van der Waals surface area contributed by atoms with Crippen LogP contribution in [-0.4, -0.2) is 60.4 Å². The number of rotatable bonds is 3.